The average Bonchev–Trinajstić information content (AvgIpc) is 2.28. The molecule has 1 nitrogen and oxygen atoms in total. The fourth-order valence-corrected chi connectivity index (χ4v) is 1.85. The molecule has 0 aliphatic carbocycles. The standard InChI is InChI=1S/C14H12ClF2N/c1-9(10-2-4-11(15)5-3-10)18-14-7-12(16)6-13(17)8-14/h2-9,18H,1H3. The monoisotopic (exact) mass is 267 g/mol. The lowest BCUT2D eigenvalue weighted by Crippen LogP contribution is -2.06. The van der Waals surface area contributed by atoms with Crippen LogP contribution in [0.4, 0.5) is 14.5 Å². The zero-order valence-electron chi connectivity index (χ0n) is 9.75. The number of anilines is 1. The fraction of sp³-hybridized carbons (Fsp3) is 0.143. The van der Waals surface area contributed by atoms with Crippen molar-refractivity contribution in [1.29, 1.82) is 0 Å². The first-order valence-corrected chi connectivity index (χ1v) is 5.90. The van der Waals surface area contributed by atoms with Gasteiger partial charge in [0, 0.05) is 22.8 Å². The molecule has 0 aliphatic heterocycles. The van der Waals surface area contributed by atoms with Crippen molar-refractivity contribution in [3.8, 4) is 0 Å². The van der Waals surface area contributed by atoms with Gasteiger partial charge in [-0.15, -0.1) is 0 Å². The second-order valence-corrected chi connectivity index (χ2v) is 4.51. The van der Waals surface area contributed by atoms with E-state index in [2.05, 4.69) is 5.32 Å². The van der Waals surface area contributed by atoms with Crippen molar-refractivity contribution in [2.75, 3.05) is 5.32 Å². The molecule has 0 saturated carbocycles. The number of rotatable bonds is 3. The molecule has 1 atom stereocenters. The van der Waals surface area contributed by atoms with Crippen LogP contribution in [0.25, 0.3) is 0 Å². The van der Waals surface area contributed by atoms with Crippen molar-refractivity contribution >= 4 is 17.3 Å². The van der Waals surface area contributed by atoms with Crippen molar-refractivity contribution < 1.29 is 8.78 Å². The summed E-state index contributed by atoms with van der Waals surface area (Å²) in [6.45, 7) is 1.91. The van der Waals surface area contributed by atoms with E-state index < -0.39 is 11.6 Å². The van der Waals surface area contributed by atoms with E-state index in [1.807, 2.05) is 19.1 Å². The number of hydrogen-bond acceptors (Lipinski definition) is 1. The molecule has 2 aromatic carbocycles. The quantitative estimate of drug-likeness (QED) is 0.843. The van der Waals surface area contributed by atoms with Crippen LogP contribution in [0.5, 0.6) is 0 Å². The van der Waals surface area contributed by atoms with Crippen LogP contribution in [0.15, 0.2) is 42.5 Å². The predicted octanol–water partition coefficient (Wildman–Crippen LogP) is 4.79. The Morgan fingerprint density at radius 3 is 2.11 bits per heavy atom. The molecule has 0 heterocycles. The Balaban J connectivity index is 2.15. The summed E-state index contributed by atoms with van der Waals surface area (Å²) in [7, 11) is 0. The van der Waals surface area contributed by atoms with Gasteiger partial charge in [-0.2, -0.15) is 0 Å². The number of nitrogens with one attached hydrogen (secondary N) is 1. The molecule has 0 aromatic heterocycles. The minimum atomic E-state index is -0.596. The third-order valence-electron chi connectivity index (χ3n) is 2.62. The zero-order chi connectivity index (χ0) is 13.1. The lowest BCUT2D eigenvalue weighted by molar-refractivity contribution is 0.583. The van der Waals surface area contributed by atoms with Crippen LogP contribution in [0.1, 0.15) is 18.5 Å². The molecule has 0 spiro atoms. The molecule has 0 bridgehead atoms. The third-order valence-corrected chi connectivity index (χ3v) is 2.87. The highest BCUT2D eigenvalue weighted by Crippen LogP contribution is 2.22. The third kappa shape index (κ3) is 3.20. The summed E-state index contributed by atoms with van der Waals surface area (Å²) in [6, 6.07) is 10.6. The van der Waals surface area contributed by atoms with Gasteiger partial charge < -0.3 is 5.32 Å². The van der Waals surface area contributed by atoms with Crippen LogP contribution in [0, 0.1) is 11.6 Å². The normalized spacial score (nSPS) is 12.2. The summed E-state index contributed by atoms with van der Waals surface area (Å²) in [6.07, 6.45) is 0. The Morgan fingerprint density at radius 1 is 1.00 bits per heavy atom. The highest BCUT2D eigenvalue weighted by atomic mass is 35.5. The van der Waals surface area contributed by atoms with Gasteiger partial charge in [-0.1, -0.05) is 23.7 Å². The topological polar surface area (TPSA) is 12.0 Å². The maximum atomic E-state index is 13.0. The first-order chi connectivity index (χ1) is 8.54. The molecular weight excluding hydrogens is 256 g/mol. The summed E-state index contributed by atoms with van der Waals surface area (Å²) in [5.74, 6) is -1.19. The van der Waals surface area contributed by atoms with Crippen molar-refractivity contribution in [2.24, 2.45) is 0 Å². The van der Waals surface area contributed by atoms with E-state index in [-0.39, 0.29) is 6.04 Å². The molecule has 0 amide bonds. The fourth-order valence-electron chi connectivity index (χ4n) is 1.72. The van der Waals surface area contributed by atoms with E-state index in [0.717, 1.165) is 11.6 Å². The van der Waals surface area contributed by atoms with Gasteiger partial charge in [0.2, 0.25) is 0 Å². The average molecular weight is 268 g/mol. The van der Waals surface area contributed by atoms with E-state index >= 15 is 0 Å². The van der Waals surface area contributed by atoms with E-state index in [1.165, 1.54) is 12.1 Å². The van der Waals surface area contributed by atoms with Gasteiger partial charge in [0.15, 0.2) is 0 Å². The van der Waals surface area contributed by atoms with Crippen LogP contribution >= 0.6 is 11.6 Å². The predicted molar refractivity (Wildman–Crippen MR) is 69.8 cm³/mol. The molecule has 0 aliphatic rings. The largest absolute Gasteiger partial charge is 0.378 e. The molecule has 0 radical (unpaired) electrons. The van der Waals surface area contributed by atoms with Crippen LogP contribution in [0.3, 0.4) is 0 Å². The molecular formula is C14H12ClF2N. The summed E-state index contributed by atoms with van der Waals surface area (Å²) in [5.41, 5.74) is 1.40. The molecule has 1 N–H and O–H groups in total. The first-order valence-electron chi connectivity index (χ1n) is 5.53. The van der Waals surface area contributed by atoms with Crippen LogP contribution in [0.2, 0.25) is 5.02 Å². The lowest BCUT2D eigenvalue weighted by atomic mass is 10.1. The van der Waals surface area contributed by atoms with Gasteiger partial charge in [0.05, 0.1) is 0 Å². The molecule has 1 unspecified atom stereocenters. The maximum absolute atomic E-state index is 13.0. The van der Waals surface area contributed by atoms with E-state index in [1.54, 1.807) is 12.1 Å². The highest BCUT2D eigenvalue weighted by Gasteiger charge is 2.07. The molecule has 0 fully saturated rings. The molecule has 4 heteroatoms. The maximum Gasteiger partial charge on any atom is 0.128 e. The lowest BCUT2D eigenvalue weighted by Gasteiger charge is -2.16. The Bertz CT molecular complexity index is 520. The van der Waals surface area contributed by atoms with Gasteiger partial charge in [0.25, 0.3) is 0 Å². The van der Waals surface area contributed by atoms with Gasteiger partial charge >= 0.3 is 0 Å². The SMILES string of the molecule is CC(Nc1cc(F)cc(F)c1)c1ccc(Cl)cc1. The van der Waals surface area contributed by atoms with Crippen molar-refractivity contribution in [2.45, 2.75) is 13.0 Å². The summed E-state index contributed by atoms with van der Waals surface area (Å²) in [5, 5.41) is 3.69. The second kappa shape index (κ2) is 5.36. The van der Waals surface area contributed by atoms with Crippen LogP contribution < -0.4 is 5.32 Å². The molecule has 0 saturated heterocycles. The minimum absolute atomic E-state index is 0.0662. The van der Waals surface area contributed by atoms with Crippen molar-refractivity contribution in [3.63, 3.8) is 0 Å². The Hall–Kier alpha value is -1.61. The first kappa shape index (κ1) is 12.8. The van der Waals surface area contributed by atoms with Gasteiger partial charge in [0.1, 0.15) is 11.6 Å². The number of benzene rings is 2. The van der Waals surface area contributed by atoms with E-state index in [0.29, 0.717) is 10.7 Å². The number of halogens is 3. The molecule has 94 valence electrons. The second-order valence-electron chi connectivity index (χ2n) is 4.08. The van der Waals surface area contributed by atoms with Crippen LogP contribution in [-0.2, 0) is 0 Å². The minimum Gasteiger partial charge on any atom is -0.378 e. The smallest absolute Gasteiger partial charge is 0.128 e. The van der Waals surface area contributed by atoms with E-state index in [4.69, 9.17) is 11.6 Å². The Labute approximate surface area is 109 Å². The molecule has 2 rings (SSSR count). The Kier molecular flexibility index (Phi) is 3.82. The highest BCUT2D eigenvalue weighted by molar-refractivity contribution is 6.30. The molecule has 18 heavy (non-hydrogen) atoms. The molecule has 2 aromatic rings. The zero-order valence-corrected chi connectivity index (χ0v) is 10.5. The summed E-state index contributed by atoms with van der Waals surface area (Å²) < 4.78 is 26.1. The number of hydrogen-bond donors (Lipinski definition) is 1. The summed E-state index contributed by atoms with van der Waals surface area (Å²) in [4.78, 5) is 0. The van der Waals surface area contributed by atoms with Crippen molar-refractivity contribution in [1.82, 2.24) is 0 Å². The Morgan fingerprint density at radius 2 is 1.56 bits per heavy atom. The van der Waals surface area contributed by atoms with Crippen LogP contribution in [-0.4, -0.2) is 0 Å². The van der Waals surface area contributed by atoms with Gasteiger partial charge in [-0.3, -0.25) is 0 Å². The van der Waals surface area contributed by atoms with Gasteiger partial charge in [-0.05, 0) is 36.8 Å². The summed E-state index contributed by atoms with van der Waals surface area (Å²) >= 11 is 5.80. The van der Waals surface area contributed by atoms with Gasteiger partial charge in [-0.25, -0.2) is 8.78 Å². The van der Waals surface area contributed by atoms with Crippen molar-refractivity contribution in [3.05, 3.63) is 64.7 Å². The van der Waals surface area contributed by atoms with E-state index in [9.17, 15) is 8.78 Å².